The average Bonchev–Trinajstić information content (AvgIpc) is 3.11. The van der Waals surface area contributed by atoms with Gasteiger partial charge in [-0.05, 0) is 31.5 Å². The lowest BCUT2D eigenvalue weighted by Gasteiger charge is -2.22. The molecular formula is C16H16ClN3O. The summed E-state index contributed by atoms with van der Waals surface area (Å²) in [6.45, 7) is 4.97. The van der Waals surface area contributed by atoms with Gasteiger partial charge in [-0.3, -0.25) is 14.7 Å². The summed E-state index contributed by atoms with van der Waals surface area (Å²) in [4.78, 5) is 18.7. The van der Waals surface area contributed by atoms with E-state index in [9.17, 15) is 10.1 Å². The third-order valence-electron chi connectivity index (χ3n) is 4.40. The van der Waals surface area contributed by atoms with E-state index in [1.54, 1.807) is 17.0 Å². The third-order valence-corrected chi connectivity index (χ3v) is 4.65. The van der Waals surface area contributed by atoms with Crippen molar-refractivity contribution in [2.75, 3.05) is 13.1 Å². The molecular weight excluding hydrogens is 286 g/mol. The number of hydrogen-bond donors (Lipinski definition) is 0. The van der Waals surface area contributed by atoms with Crippen LogP contribution in [0.25, 0.3) is 0 Å². The standard InChI is InChI=1S/C16H16ClN3O/c1-3-19-15-16(9-18)12(10-5-7-11(17)8-6-10)13(16)14(21)20(15)4-2/h5-8,12-13H,3-4H2,1-2H3/t12-,13+,16+/m1/s1. The highest BCUT2D eigenvalue weighted by molar-refractivity contribution is 6.30. The number of carbonyl (C=O) groups excluding carboxylic acids is 1. The van der Waals surface area contributed by atoms with Crippen molar-refractivity contribution in [2.45, 2.75) is 19.8 Å². The first-order chi connectivity index (χ1) is 10.1. The van der Waals surface area contributed by atoms with Crippen LogP contribution >= 0.6 is 11.6 Å². The zero-order valence-electron chi connectivity index (χ0n) is 12.0. The number of piperidine rings is 1. The molecule has 1 saturated heterocycles. The summed E-state index contributed by atoms with van der Waals surface area (Å²) in [6, 6.07) is 9.78. The number of amidine groups is 1. The highest BCUT2D eigenvalue weighted by Gasteiger charge is 2.78. The number of benzene rings is 1. The number of rotatable bonds is 3. The molecule has 5 heteroatoms. The van der Waals surface area contributed by atoms with E-state index in [1.165, 1.54) is 0 Å². The average molecular weight is 302 g/mol. The highest BCUT2D eigenvalue weighted by atomic mass is 35.5. The van der Waals surface area contributed by atoms with Crippen molar-refractivity contribution in [3.63, 3.8) is 0 Å². The summed E-state index contributed by atoms with van der Waals surface area (Å²) in [5.74, 6) is 0.269. The van der Waals surface area contributed by atoms with Gasteiger partial charge in [0.2, 0.25) is 5.91 Å². The molecule has 4 nitrogen and oxygen atoms in total. The molecule has 1 amide bonds. The van der Waals surface area contributed by atoms with E-state index in [-0.39, 0.29) is 17.7 Å². The zero-order chi connectivity index (χ0) is 15.2. The normalized spacial score (nSPS) is 32.2. The second-order valence-corrected chi connectivity index (χ2v) is 5.80. The van der Waals surface area contributed by atoms with Gasteiger partial charge >= 0.3 is 0 Å². The maximum atomic E-state index is 12.5. The molecule has 0 radical (unpaired) electrons. The number of nitriles is 1. The summed E-state index contributed by atoms with van der Waals surface area (Å²) in [5, 5.41) is 10.4. The van der Waals surface area contributed by atoms with E-state index >= 15 is 0 Å². The number of aliphatic imine (C=N–C) groups is 1. The highest BCUT2D eigenvalue weighted by Crippen LogP contribution is 2.69. The number of hydrogen-bond acceptors (Lipinski definition) is 3. The Balaban J connectivity index is 2.06. The fourth-order valence-corrected chi connectivity index (χ4v) is 3.61. The molecule has 2 aliphatic rings. The maximum absolute atomic E-state index is 12.5. The first-order valence-corrected chi connectivity index (χ1v) is 7.52. The SMILES string of the molecule is CCN=C1N(CC)C(=O)[C@@H]2[C@@H](c3ccc(Cl)cc3)[C@]12C#N. The van der Waals surface area contributed by atoms with Crippen LogP contribution in [0.15, 0.2) is 29.3 Å². The molecule has 0 unspecified atom stereocenters. The monoisotopic (exact) mass is 301 g/mol. The zero-order valence-corrected chi connectivity index (χ0v) is 12.8. The lowest BCUT2D eigenvalue weighted by atomic mass is 9.98. The molecule has 1 aliphatic heterocycles. The summed E-state index contributed by atoms with van der Waals surface area (Å²) >= 11 is 5.91. The number of amides is 1. The quantitative estimate of drug-likeness (QED) is 0.862. The van der Waals surface area contributed by atoms with Crippen molar-refractivity contribution < 1.29 is 4.79 Å². The number of fused-ring (bicyclic) bond motifs is 1. The third kappa shape index (κ3) is 1.74. The van der Waals surface area contributed by atoms with Gasteiger partial charge in [0, 0.05) is 24.0 Å². The van der Waals surface area contributed by atoms with Gasteiger partial charge in [0.05, 0.1) is 12.0 Å². The number of nitrogens with zero attached hydrogens (tertiary/aromatic N) is 3. The van der Waals surface area contributed by atoms with E-state index < -0.39 is 5.41 Å². The van der Waals surface area contributed by atoms with Crippen LogP contribution in [0.1, 0.15) is 25.3 Å². The predicted molar refractivity (Wildman–Crippen MR) is 81.1 cm³/mol. The molecule has 1 aromatic carbocycles. The summed E-state index contributed by atoms with van der Waals surface area (Å²) in [6.07, 6.45) is 0. The lowest BCUT2D eigenvalue weighted by molar-refractivity contribution is -0.127. The van der Waals surface area contributed by atoms with Crippen molar-refractivity contribution in [3.8, 4) is 6.07 Å². The number of likely N-dealkylation sites (tertiary alicyclic amines) is 1. The Labute approximate surface area is 129 Å². The maximum Gasteiger partial charge on any atom is 0.233 e. The largest absolute Gasteiger partial charge is 0.299 e. The molecule has 2 fully saturated rings. The van der Waals surface area contributed by atoms with Gasteiger partial charge in [0.15, 0.2) is 0 Å². The summed E-state index contributed by atoms with van der Waals surface area (Å²) in [5.41, 5.74) is 0.204. The molecule has 3 atom stereocenters. The minimum Gasteiger partial charge on any atom is -0.299 e. The van der Waals surface area contributed by atoms with Crippen LogP contribution in [0, 0.1) is 22.7 Å². The second kappa shape index (κ2) is 4.85. The lowest BCUT2D eigenvalue weighted by Crippen LogP contribution is -2.36. The Hall–Kier alpha value is -1.86. The summed E-state index contributed by atoms with van der Waals surface area (Å²) in [7, 11) is 0. The molecule has 0 aromatic heterocycles. The van der Waals surface area contributed by atoms with E-state index in [0.717, 1.165) is 5.56 Å². The van der Waals surface area contributed by atoms with Crippen LogP contribution in [-0.4, -0.2) is 29.7 Å². The van der Waals surface area contributed by atoms with Crippen molar-refractivity contribution in [1.29, 1.82) is 5.26 Å². The molecule has 1 aliphatic carbocycles. The Morgan fingerprint density at radius 1 is 1.33 bits per heavy atom. The smallest absolute Gasteiger partial charge is 0.233 e. The Kier molecular flexibility index (Phi) is 3.26. The molecule has 0 bridgehead atoms. The fraction of sp³-hybridized carbons (Fsp3) is 0.438. The van der Waals surface area contributed by atoms with Gasteiger partial charge in [0.1, 0.15) is 11.3 Å². The number of carbonyl (C=O) groups is 1. The number of halogens is 1. The van der Waals surface area contributed by atoms with Crippen LogP contribution in [0.3, 0.4) is 0 Å². The molecule has 108 valence electrons. The second-order valence-electron chi connectivity index (χ2n) is 5.37. The van der Waals surface area contributed by atoms with Gasteiger partial charge in [-0.15, -0.1) is 0 Å². The van der Waals surface area contributed by atoms with Gasteiger partial charge in [-0.1, -0.05) is 23.7 Å². The van der Waals surface area contributed by atoms with Crippen molar-refractivity contribution >= 4 is 23.3 Å². The van der Waals surface area contributed by atoms with Gasteiger partial charge in [-0.2, -0.15) is 5.26 Å². The minimum atomic E-state index is -0.781. The van der Waals surface area contributed by atoms with Gasteiger partial charge < -0.3 is 0 Å². The minimum absolute atomic E-state index is 0.0196. The Bertz CT molecular complexity index is 661. The van der Waals surface area contributed by atoms with E-state index in [0.29, 0.717) is 23.9 Å². The fourth-order valence-electron chi connectivity index (χ4n) is 3.49. The van der Waals surface area contributed by atoms with Crippen molar-refractivity contribution in [1.82, 2.24) is 4.90 Å². The first-order valence-electron chi connectivity index (χ1n) is 7.14. The molecule has 3 rings (SSSR count). The van der Waals surface area contributed by atoms with Crippen LogP contribution in [0.5, 0.6) is 0 Å². The van der Waals surface area contributed by atoms with Crippen LogP contribution in [0.2, 0.25) is 5.02 Å². The molecule has 0 spiro atoms. The van der Waals surface area contributed by atoms with Crippen LogP contribution in [-0.2, 0) is 4.79 Å². The molecule has 1 aromatic rings. The van der Waals surface area contributed by atoms with Crippen molar-refractivity contribution in [3.05, 3.63) is 34.9 Å². The molecule has 21 heavy (non-hydrogen) atoms. The van der Waals surface area contributed by atoms with Gasteiger partial charge in [-0.25, -0.2) is 0 Å². The summed E-state index contributed by atoms with van der Waals surface area (Å²) < 4.78 is 0. The molecule has 0 N–H and O–H groups in total. The van der Waals surface area contributed by atoms with Gasteiger partial charge in [0.25, 0.3) is 0 Å². The topological polar surface area (TPSA) is 56.5 Å². The van der Waals surface area contributed by atoms with E-state index in [2.05, 4.69) is 11.1 Å². The predicted octanol–water partition coefficient (Wildman–Crippen LogP) is 2.84. The molecule has 1 saturated carbocycles. The van der Waals surface area contributed by atoms with E-state index in [1.807, 2.05) is 26.0 Å². The Morgan fingerprint density at radius 2 is 2.00 bits per heavy atom. The van der Waals surface area contributed by atoms with E-state index in [4.69, 9.17) is 11.6 Å². The Morgan fingerprint density at radius 3 is 2.52 bits per heavy atom. The van der Waals surface area contributed by atoms with Crippen LogP contribution in [0.4, 0.5) is 0 Å². The first kappa shape index (κ1) is 14.1. The van der Waals surface area contributed by atoms with Crippen LogP contribution < -0.4 is 0 Å². The molecule has 1 heterocycles. The van der Waals surface area contributed by atoms with Crippen molar-refractivity contribution in [2.24, 2.45) is 16.3 Å².